The third kappa shape index (κ3) is 3.38. The molecule has 2 aromatic rings. The number of aryl methyl sites for hydroxylation is 1. The average Bonchev–Trinajstić information content (AvgIpc) is 2.48. The maximum absolute atomic E-state index is 12.4. The number of carboxylic acid groups (broad SMARTS) is 1. The van der Waals surface area contributed by atoms with Gasteiger partial charge in [-0.15, -0.1) is 0 Å². The molecule has 0 aromatic heterocycles. The van der Waals surface area contributed by atoms with Crippen LogP contribution in [0.25, 0.3) is 0 Å². The molecule has 0 atom stereocenters. The van der Waals surface area contributed by atoms with Crippen molar-refractivity contribution in [2.75, 3.05) is 0 Å². The molecular weight excluding hydrogens is 284 g/mol. The van der Waals surface area contributed by atoms with E-state index in [-0.39, 0.29) is 11.3 Å². The largest absolute Gasteiger partial charge is 0.478 e. The lowest BCUT2D eigenvalue weighted by Crippen LogP contribution is -2.06. The van der Waals surface area contributed by atoms with Crippen molar-refractivity contribution in [2.45, 2.75) is 13.8 Å². The highest BCUT2D eigenvalue weighted by Crippen LogP contribution is 2.21. The van der Waals surface area contributed by atoms with Crippen molar-refractivity contribution in [1.29, 1.82) is 0 Å². The van der Waals surface area contributed by atoms with E-state index >= 15 is 0 Å². The standard InChI is InChI=1S/C17H14O5/c1-10-8-13(6-7-15(10)22-11(2)18)16(19)12-4-3-5-14(9-12)17(20)21/h3-9H,1-2H3,(H,20,21). The summed E-state index contributed by atoms with van der Waals surface area (Å²) in [5.74, 6) is -1.42. The number of rotatable bonds is 4. The maximum atomic E-state index is 12.4. The van der Waals surface area contributed by atoms with Crippen molar-refractivity contribution >= 4 is 17.7 Å². The highest BCUT2D eigenvalue weighted by atomic mass is 16.5. The number of hydrogen-bond acceptors (Lipinski definition) is 4. The molecule has 0 fully saturated rings. The normalized spacial score (nSPS) is 10.1. The number of ketones is 1. The lowest BCUT2D eigenvalue weighted by Gasteiger charge is -2.08. The molecule has 1 N–H and O–H groups in total. The molecule has 0 aliphatic rings. The minimum atomic E-state index is -1.09. The molecule has 0 spiro atoms. The van der Waals surface area contributed by atoms with Crippen LogP contribution in [0.2, 0.25) is 0 Å². The average molecular weight is 298 g/mol. The predicted molar refractivity (Wildman–Crippen MR) is 79.3 cm³/mol. The fourth-order valence-electron chi connectivity index (χ4n) is 2.02. The summed E-state index contributed by atoms with van der Waals surface area (Å²) in [6, 6.07) is 10.5. The Morgan fingerprint density at radius 2 is 1.59 bits per heavy atom. The van der Waals surface area contributed by atoms with E-state index in [1.54, 1.807) is 31.2 Å². The van der Waals surface area contributed by atoms with E-state index in [4.69, 9.17) is 9.84 Å². The fraction of sp³-hybridized carbons (Fsp3) is 0.118. The van der Waals surface area contributed by atoms with Crippen LogP contribution in [0.5, 0.6) is 5.75 Å². The molecule has 0 bridgehead atoms. The van der Waals surface area contributed by atoms with Gasteiger partial charge in [-0.3, -0.25) is 9.59 Å². The zero-order valence-electron chi connectivity index (χ0n) is 12.1. The topological polar surface area (TPSA) is 80.7 Å². The molecular formula is C17H14O5. The van der Waals surface area contributed by atoms with E-state index in [0.717, 1.165) is 0 Å². The molecule has 112 valence electrons. The number of aromatic carboxylic acids is 1. The summed E-state index contributed by atoms with van der Waals surface area (Å²) in [6.07, 6.45) is 0. The van der Waals surface area contributed by atoms with Gasteiger partial charge in [-0.05, 0) is 42.8 Å². The Morgan fingerprint density at radius 1 is 0.955 bits per heavy atom. The first-order valence-corrected chi connectivity index (χ1v) is 6.55. The van der Waals surface area contributed by atoms with Gasteiger partial charge in [0.15, 0.2) is 5.78 Å². The van der Waals surface area contributed by atoms with Crippen molar-refractivity contribution in [3.8, 4) is 5.75 Å². The summed E-state index contributed by atoms with van der Waals surface area (Å²) in [5, 5.41) is 8.97. The van der Waals surface area contributed by atoms with Crippen LogP contribution >= 0.6 is 0 Å². The number of esters is 1. The molecule has 0 unspecified atom stereocenters. The zero-order chi connectivity index (χ0) is 16.3. The second kappa shape index (κ2) is 6.22. The molecule has 0 radical (unpaired) electrons. The first-order chi connectivity index (χ1) is 10.4. The van der Waals surface area contributed by atoms with Crippen molar-refractivity contribution in [2.24, 2.45) is 0 Å². The third-order valence-corrected chi connectivity index (χ3v) is 3.06. The smallest absolute Gasteiger partial charge is 0.335 e. The third-order valence-electron chi connectivity index (χ3n) is 3.06. The van der Waals surface area contributed by atoms with Crippen LogP contribution in [0.3, 0.4) is 0 Å². The first-order valence-electron chi connectivity index (χ1n) is 6.55. The van der Waals surface area contributed by atoms with Gasteiger partial charge in [0.25, 0.3) is 0 Å². The second-order valence-electron chi connectivity index (χ2n) is 4.79. The van der Waals surface area contributed by atoms with Crippen LogP contribution in [-0.4, -0.2) is 22.8 Å². The molecule has 22 heavy (non-hydrogen) atoms. The van der Waals surface area contributed by atoms with Crippen LogP contribution in [-0.2, 0) is 4.79 Å². The summed E-state index contributed by atoms with van der Waals surface area (Å²) in [7, 11) is 0. The van der Waals surface area contributed by atoms with Gasteiger partial charge in [0.05, 0.1) is 5.56 Å². The highest BCUT2D eigenvalue weighted by Gasteiger charge is 2.13. The van der Waals surface area contributed by atoms with Crippen LogP contribution in [0.15, 0.2) is 42.5 Å². The van der Waals surface area contributed by atoms with Gasteiger partial charge in [0, 0.05) is 18.1 Å². The van der Waals surface area contributed by atoms with E-state index in [9.17, 15) is 14.4 Å². The maximum Gasteiger partial charge on any atom is 0.335 e. The van der Waals surface area contributed by atoms with Crippen molar-refractivity contribution in [3.05, 3.63) is 64.7 Å². The molecule has 2 rings (SSSR count). The van der Waals surface area contributed by atoms with Gasteiger partial charge in [-0.1, -0.05) is 12.1 Å². The number of ether oxygens (including phenoxy) is 1. The van der Waals surface area contributed by atoms with E-state index in [2.05, 4.69) is 0 Å². The number of carboxylic acids is 1. The van der Waals surface area contributed by atoms with E-state index in [1.807, 2.05) is 0 Å². The van der Waals surface area contributed by atoms with Crippen molar-refractivity contribution in [1.82, 2.24) is 0 Å². The van der Waals surface area contributed by atoms with Gasteiger partial charge < -0.3 is 9.84 Å². The Kier molecular flexibility index (Phi) is 4.36. The Balaban J connectivity index is 2.34. The Morgan fingerprint density at radius 3 is 2.18 bits per heavy atom. The summed E-state index contributed by atoms with van der Waals surface area (Å²) in [4.78, 5) is 34.3. The molecule has 0 saturated heterocycles. The van der Waals surface area contributed by atoms with Gasteiger partial charge in [0.2, 0.25) is 0 Å². The molecule has 0 saturated carbocycles. The number of carbonyl (C=O) groups is 3. The van der Waals surface area contributed by atoms with Gasteiger partial charge in [-0.25, -0.2) is 4.79 Å². The van der Waals surface area contributed by atoms with Crippen LogP contribution < -0.4 is 4.74 Å². The molecule has 0 aliphatic carbocycles. The minimum Gasteiger partial charge on any atom is -0.478 e. The number of hydrogen-bond donors (Lipinski definition) is 1. The molecule has 5 heteroatoms. The molecule has 2 aromatic carbocycles. The molecule has 0 heterocycles. The number of benzene rings is 2. The van der Waals surface area contributed by atoms with Crippen LogP contribution in [0, 0.1) is 6.92 Å². The Labute approximate surface area is 127 Å². The SMILES string of the molecule is CC(=O)Oc1ccc(C(=O)c2cccc(C(=O)O)c2)cc1C. The molecule has 0 amide bonds. The van der Waals surface area contributed by atoms with Crippen molar-refractivity contribution < 1.29 is 24.2 Å². The van der Waals surface area contributed by atoms with Gasteiger partial charge in [0.1, 0.15) is 5.75 Å². The van der Waals surface area contributed by atoms with Gasteiger partial charge in [-0.2, -0.15) is 0 Å². The summed E-state index contributed by atoms with van der Waals surface area (Å²) < 4.78 is 5.01. The summed E-state index contributed by atoms with van der Waals surface area (Å²) >= 11 is 0. The van der Waals surface area contributed by atoms with Gasteiger partial charge >= 0.3 is 11.9 Å². The summed E-state index contributed by atoms with van der Waals surface area (Å²) in [6.45, 7) is 3.03. The van der Waals surface area contributed by atoms with E-state index < -0.39 is 11.9 Å². The highest BCUT2D eigenvalue weighted by molar-refractivity contribution is 6.10. The second-order valence-corrected chi connectivity index (χ2v) is 4.79. The first kappa shape index (κ1) is 15.4. The number of carbonyl (C=O) groups excluding carboxylic acids is 2. The Bertz CT molecular complexity index is 761. The van der Waals surface area contributed by atoms with E-state index in [1.165, 1.54) is 25.1 Å². The lowest BCUT2D eigenvalue weighted by atomic mass is 9.99. The van der Waals surface area contributed by atoms with E-state index in [0.29, 0.717) is 22.4 Å². The van der Waals surface area contributed by atoms with Crippen LogP contribution in [0.1, 0.15) is 38.8 Å². The molecule has 0 aliphatic heterocycles. The van der Waals surface area contributed by atoms with Crippen LogP contribution in [0.4, 0.5) is 0 Å². The van der Waals surface area contributed by atoms with Crippen molar-refractivity contribution in [3.63, 3.8) is 0 Å². The molecule has 5 nitrogen and oxygen atoms in total. The summed E-state index contributed by atoms with van der Waals surface area (Å²) in [5.41, 5.74) is 1.39. The Hall–Kier alpha value is -2.95. The predicted octanol–water partition coefficient (Wildman–Crippen LogP) is 2.85. The monoisotopic (exact) mass is 298 g/mol. The lowest BCUT2D eigenvalue weighted by molar-refractivity contribution is -0.131. The minimum absolute atomic E-state index is 0.0547. The zero-order valence-corrected chi connectivity index (χ0v) is 12.1. The quantitative estimate of drug-likeness (QED) is 0.533. The fourth-order valence-corrected chi connectivity index (χ4v) is 2.02.